The summed E-state index contributed by atoms with van der Waals surface area (Å²) in [7, 11) is 0. The zero-order valence-corrected chi connectivity index (χ0v) is 26.2. The van der Waals surface area contributed by atoms with E-state index >= 15 is 0 Å². The highest BCUT2D eigenvalue weighted by Gasteiger charge is 2.51. The van der Waals surface area contributed by atoms with Gasteiger partial charge in [0.15, 0.2) is 0 Å². The monoisotopic (exact) mass is 626 g/mol. The van der Waals surface area contributed by atoms with E-state index in [0.717, 1.165) is 38.7 Å². The topological polar surface area (TPSA) is 43.5 Å². The summed E-state index contributed by atoms with van der Waals surface area (Å²) in [6, 6.07) is 54.4. The highest BCUT2D eigenvalue weighted by molar-refractivity contribution is 6.16. The minimum Gasteiger partial charge on any atom is -0.268 e. The molecule has 0 saturated carbocycles. The minimum absolute atomic E-state index is 0.302. The Morgan fingerprint density at radius 1 is 0.449 bits per heavy atom. The molecule has 228 valence electrons. The summed E-state index contributed by atoms with van der Waals surface area (Å²) in [5, 5.41) is 2.28. The van der Waals surface area contributed by atoms with Gasteiger partial charge in [0.25, 0.3) is 5.56 Å². The van der Waals surface area contributed by atoms with Crippen LogP contribution in [0.4, 0.5) is 0 Å². The van der Waals surface area contributed by atoms with Crippen molar-refractivity contribution < 1.29 is 0 Å². The Morgan fingerprint density at radius 3 is 1.67 bits per heavy atom. The number of benzene rings is 7. The second-order valence-electron chi connectivity index (χ2n) is 13.1. The van der Waals surface area contributed by atoms with Gasteiger partial charge in [-0.2, -0.15) is 0 Å². The third kappa shape index (κ3) is 3.14. The first kappa shape index (κ1) is 26.5. The maximum atomic E-state index is 14.6. The van der Waals surface area contributed by atoms with Gasteiger partial charge in [0.1, 0.15) is 0 Å². The zero-order chi connectivity index (χ0) is 32.4. The molecule has 11 rings (SSSR count). The number of imidazole rings is 1. The van der Waals surface area contributed by atoms with Crippen LogP contribution < -0.4 is 11.2 Å². The smallest absolute Gasteiger partial charge is 0.268 e. The van der Waals surface area contributed by atoms with Crippen LogP contribution in [0.5, 0.6) is 0 Å². The molecule has 0 amide bonds. The van der Waals surface area contributed by atoms with Gasteiger partial charge in [0.2, 0.25) is 0 Å². The molecule has 7 aromatic carbocycles. The van der Waals surface area contributed by atoms with Crippen LogP contribution in [0.3, 0.4) is 0 Å². The van der Waals surface area contributed by atoms with E-state index in [2.05, 4.69) is 103 Å². The van der Waals surface area contributed by atoms with Crippen LogP contribution in [0, 0.1) is 0 Å². The normalized spacial score (nSPS) is 13.6. The van der Waals surface area contributed by atoms with Crippen LogP contribution in [-0.4, -0.2) is 8.97 Å². The summed E-state index contributed by atoms with van der Waals surface area (Å²) in [5.41, 5.74) is 12.6. The van der Waals surface area contributed by atoms with E-state index in [9.17, 15) is 9.59 Å². The van der Waals surface area contributed by atoms with E-state index in [-0.39, 0.29) is 11.2 Å². The molecule has 1 spiro atoms. The molecule has 4 heteroatoms. The molecule has 0 N–H and O–H groups in total. The first-order valence-electron chi connectivity index (χ1n) is 16.6. The van der Waals surface area contributed by atoms with Crippen molar-refractivity contribution in [3.63, 3.8) is 0 Å². The van der Waals surface area contributed by atoms with Crippen molar-refractivity contribution in [3.05, 3.63) is 201 Å². The number of fused-ring (bicyclic) bond motifs is 12. The van der Waals surface area contributed by atoms with Crippen LogP contribution in [0.2, 0.25) is 0 Å². The van der Waals surface area contributed by atoms with Gasteiger partial charge in [-0.3, -0.25) is 9.36 Å². The van der Waals surface area contributed by atoms with Gasteiger partial charge < -0.3 is 0 Å². The molecular formula is C45H26N2O2. The number of pyridine rings is 1. The largest absolute Gasteiger partial charge is 0.340 e. The van der Waals surface area contributed by atoms with E-state index in [0.29, 0.717) is 16.4 Å². The molecule has 0 unspecified atom stereocenters. The van der Waals surface area contributed by atoms with E-state index in [4.69, 9.17) is 0 Å². The number of rotatable bonds is 2. The second-order valence-corrected chi connectivity index (χ2v) is 13.1. The molecule has 0 atom stereocenters. The highest BCUT2D eigenvalue weighted by Crippen LogP contribution is 2.62. The molecule has 0 fully saturated rings. The highest BCUT2D eigenvalue weighted by atomic mass is 16.2. The van der Waals surface area contributed by atoms with Crippen LogP contribution in [0.25, 0.3) is 66.3 Å². The van der Waals surface area contributed by atoms with Gasteiger partial charge >= 0.3 is 5.69 Å². The van der Waals surface area contributed by atoms with Crippen LogP contribution in [0.15, 0.2) is 167 Å². The van der Waals surface area contributed by atoms with E-state index < -0.39 is 5.41 Å². The van der Waals surface area contributed by atoms with Crippen LogP contribution >= 0.6 is 0 Å². The molecule has 2 aromatic heterocycles. The second kappa shape index (κ2) is 9.30. The van der Waals surface area contributed by atoms with Gasteiger partial charge in [-0.05, 0) is 79.9 Å². The summed E-state index contributed by atoms with van der Waals surface area (Å²) in [5.74, 6) is 0. The summed E-state index contributed by atoms with van der Waals surface area (Å²) < 4.78 is 3.11. The average molecular weight is 627 g/mol. The maximum absolute atomic E-state index is 14.6. The van der Waals surface area contributed by atoms with Crippen LogP contribution in [-0.2, 0) is 5.41 Å². The first-order valence-corrected chi connectivity index (χ1v) is 16.6. The van der Waals surface area contributed by atoms with Gasteiger partial charge in [0.05, 0.1) is 22.1 Å². The van der Waals surface area contributed by atoms with E-state index in [1.54, 1.807) is 4.57 Å². The Hall–Kier alpha value is -6.52. The van der Waals surface area contributed by atoms with Gasteiger partial charge in [0, 0.05) is 16.2 Å². The molecular weight excluding hydrogens is 601 g/mol. The van der Waals surface area contributed by atoms with Crippen molar-refractivity contribution in [3.8, 4) is 39.1 Å². The van der Waals surface area contributed by atoms with E-state index in [1.807, 2.05) is 54.6 Å². The van der Waals surface area contributed by atoms with Gasteiger partial charge in [-0.25, -0.2) is 9.20 Å². The fourth-order valence-electron chi connectivity index (χ4n) is 9.11. The van der Waals surface area contributed by atoms with Gasteiger partial charge in [-0.1, -0.05) is 133 Å². The number of hydrogen-bond donors (Lipinski definition) is 0. The molecule has 0 radical (unpaired) electrons. The molecule has 2 aliphatic rings. The fourth-order valence-corrected chi connectivity index (χ4v) is 9.11. The van der Waals surface area contributed by atoms with Crippen molar-refractivity contribution in [1.29, 1.82) is 0 Å². The Morgan fingerprint density at radius 2 is 1.00 bits per heavy atom. The van der Waals surface area contributed by atoms with Crippen molar-refractivity contribution in [2.45, 2.75) is 5.41 Å². The summed E-state index contributed by atoms with van der Waals surface area (Å²) in [6.45, 7) is 0. The maximum Gasteiger partial charge on any atom is 0.340 e. The number of aromatic nitrogens is 2. The Labute approximate surface area is 280 Å². The van der Waals surface area contributed by atoms with Crippen molar-refractivity contribution in [2.24, 2.45) is 0 Å². The lowest BCUT2D eigenvalue weighted by Crippen LogP contribution is -2.28. The number of nitrogens with zero attached hydrogens (tertiary/aromatic N) is 2. The first-order chi connectivity index (χ1) is 24.2. The third-order valence-electron chi connectivity index (χ3n) is 11.0. The Balaban J connectivity index is 1.24. The molecule has 0 bridgehead atoms. The van der Waals surface area contributed by atoms with E-state index in [1.165, 1.54) is 37.8 Å². The zero-order valence-electron chi connectivity index (χ0n) is 26.2. The molecule has 0 aliphatic heterocycles. The Bertz CT molecular complexity index is 2920. The van der Waals surface area contributed by atoms with Crippen molar-refractivity contribution in [2.75, 3.05) is 0 Å². The molecule has 0 saturated heterocycles. The predicted molar refractivity (Wildman–Crippen MR) is 197 cm³/mol. The number of para-hydroxylation sites is 1. The molecule has 4 nitrogen and oxygen atoms in total. The minimum atomic E-state index is -0.535. The van der Waals surface area contributed by atoms with Gasteiger partial charge in [-0.15, -0.1) is 0 Å². The standard InChI is InChI=1S/C45H26N2O2/c48-43-35-19-10-17-29(27-12-2-1-3-13-27)41(35)34-18-11-23-40-42(34)47(43)44(49)46(40)28-24-25-33-32-16-6-9-22-38(32)45(39(33)26-28)36-20-7-4-14-30(36)31-15-5-8-21-37(31)45/h1-26H. The predicted octanol–water partition coefficient (Wildman–Crippen LogP) is 9.21. The van der Waals surface area contributed by atoms with Crippen molar-refractivity contribution in [1.82, 2.24) is 8.97 Å². The number of hydrogen-bond acceptors (Lipinski definition) is 2. The third-order valence-corrected chi connectivity index (χ3v) is 11.0. The van der Waals surface area contributed by atoms with Crippen molar-refractivity contribution >= 4 is 27.2 Å². The molecule has 2 heterocycles. The SMILES string of the molecule is O=c1c2cccc(-c3ccccc3)c2c2cccc3c2n1c(=O)n3-c1ccc2c(c1)C1(c3ccccc3-c3ccccc31)c1ccccc1-2. The summed E-state index contributed by atoms with van der Waals surface area (Å²) >= 11 is 0. The Kier molecular flexibility index (Phi) is 5.04. The fraction of sp³-hybridized carbons (Fsp3) is 0.0222. The molecule has 2 aliphatic carbocycles. The quantitative estimate of drug-likeness (QED) is 0.180. The summed E-state index contributed by atoms with van der Waals surface area (Å²) in [6.07, 6.45) is 0. The lowest BCUT2D eigenvalue weighted by Gasteiger charge is -2.30. The average Bonchev–Trinajstić information content (AvgIpc) is 3.75. The summed E-state index contributed by atoms with van der Waals surface area (Å²) in [4.78, 5) is 28.9. The van der Waals surface area contributed by atoms with Crippen LogP contribution in [0.1, 0.15) is 22.3 Å². The molecule has 49 heavy (non-hydrogen) atoms. The molecule has 9 aromatic rings. The lowest BCUT2D eigenvalue weighted by atomic mass is 9.70. The lowest BCUT2D eigenvalue weighted by molar-refractivity contribution is 0.791.